The van der Waals surface area contributed by atoms with Crippen molar-refractivity contribution in [1.29, 1.82) is 0 Å². The second-order valence-electron chi connectivity index (χ2n) is 4.32. The lowest BCUT2D eigenvalue weighted by Crippen LogP contribution is -2.26. The molecular formula is C12H31Br2N3. The van der Waals surface area contributed by atoms with Gasteiger partial charge in [0.1, 0.15) is 0 Å². The summed E-state index contributed by atoms with van der Waals surface area (Å²) < 4.78 is 0.875. The largest absolute Gasteiger partial charge is 0.323 e. The summed E-state index contributed by atoms with van der Waals surface area (Å²) in [4.78, 5) is 4.25. The Morgan fingerprint density at radius 3 is 1.00 bits per heavy atom. The third kappa shape index (κ3) is 47.5. The van der Waals surface area contributed by atoms with Gasteiger partial charge < -0.3 is 5.32 Å². The first-order valence-electron chi connectivity index (χ1n) is 5.96. The lowest BCUT2D eigenvalue weighted by molar-refractivity contribution is 0.245. The summed E-state index contributed by atoms with van der Waals surface area (Å²) >= 11 is 6.12. The van der Waals surface area contributed by atoms with Gasteiger partial charge in [-0.15, -0.1) is 0 Å². The van der Waals surface area contributed by atoms with Gasteiger partial charge in [-0.1, -0.05) is 57.5 Å². The molecule has 0 aromatic rings. The second kappa shape index (κ2) is 22.1. The fourth-order valence-electron chi connectivity index (χ4n) is 0.816. The Balaban J connectivity index is -0.000000167. The smallest absolute Gasteiger partial charge is 0.0588 e. The van der Waals surface area contributed by atoms with Crippen molar-refractivity contribution in [2.75, 3.05) is 53.2 Å². The summed E-state index contributed by atoms with van der Waals surface area (Å²) in [7, 11) is 12.0. The quantitative estimate of drug-likeness (QED) is 0.589. The lowest BCUT2D eigenvalue weighted by Gasteiger charge is -2.14. The summed E-state index contributed by atoms with van der Waals surface area (Å²) in [6.45, 7) is 1.03. The lowest BCUT2D eigenvalue weighted by atomic mass is 10.0. The van der Waals surface area contributed by atoms with E-state index in [1.54, 1.807) is 0 Å². The monoisotopic (exact) mass is 375 g/mol. The summed E-state index contributed by atoms with van der Waals surface area (Å²) in [5.41, 5.74) is 0. The second-order valence-corrected chi connectivity index (χ2v) is 6.94. The Morgan fingerprint density at radius 2 is 1.00 bits per heavy atom. The van der Waals surface area contributed by atoms with Crippen molar-refractivity contribution in [2.24, 2.45) is 0 Å². The average molecular weight is 377 g/mol. The van der Waals surface area contributed by atoms with Crippen molar-refractivity contribution in [3.05, 3.63) is 0 Å². The number of nitrogens with zero attached hydrogens (tertiary/aromatic N) is 2. The van der Waals surface area contributed by atoms with E-state index in [1.165, 1.54) is 25.7 Å². The van der Waals surface area contributed by atoms with Gasteiger partial charge in [-0.2, -0.15) is 0 Å². The maximum absolute atomic E-state index is 3.06. The first-order valence-corrected chi connectivity index (χ1v) is 8.20. The van der Waals surface area contributed by atoms with Crippen LogP contribution in [-0.2, 0) is 0 Å². The van der Waals surface area contributed by atoms with Crippen LogP contribution in [0.1, 0.15) is 25.7 Å². The predicted octanol–water partition coefficient (Wildman–Crippen LogP) is 3.20. The molecule has 1 N–H and O–H groups in total. The predicted molar refractivity (Wildman–Crippen MR) is 88.4 cm³/mol. The molecule has 0 aromatic heterocycles. The van der Waals surface area contributed by atoms with Gasteiger partial charge in [-0.25, -0.2) is 0 Å². The molecule has 0 bridgehead atoms. The van der Waals surface area contributed by atoms with Gasteiger partial charge in [-0.3, -0.25) is 9.80 Å². The van der Waals surface area contributed by atoms with Crippen LogP contribution >= 0.6 is 31.9 Å². The van der Waals surface area contributed by atoms with Crippen LogP contribution in [0.4, 0.5) is 0 Å². The Hall–Kier alpha value is 0.840. The van der Waals surface area contributed by atoms with Gasteiger partial charge in [0, 0.05) is 6.67 Å². The third-order valence-electron chi connectivity index (χ3n) is 1.57. The number of alkyl halides is 2. The maximum Gasteiger partial charge on any atom is 0.0588 e. The number of nitrogens with one attached hydrogen (secondary N) is 1. The van der Waals surface area contributed by atoms with Crippen molar-refractivity contribution in [2.45, 2.75) is 25.7 Å². The Labute approximate surface area is 126 Å². The fourth-order valence-corrected chi connectivity index (χ4v) is 0.816. The van der Waals surface area contributed by atoms with Crippen LogP contribution in [0.15, 0.2) is 0 Å². The first-order chi connectivity index (χ1) is 7.95. The molecule has 3 nitrogen and oxygen atoms in total. The van der Waals surface area contributed by atoms with Crippen LogP contribution in [-0.4, -0.2) is 63.0 Å². The zero-order chi connectivity index (χ0) is 14.1. The zero-order valence-corrected chi connectivity index (χ0v) is 15.6. The molecule has 1 saturated carbocycles. The first kappa shape index (κ1) is 23.0. The molecule has 1 rings (SSSR count). The van der Waals surface area contributed by atoms with E-state index >= 15 is 0 Å². The fraction of sp³-hybridized carbons (Fsp3) is 1.00. The summed E-state index contributed by atoms with van der Waals surface area (Å²) in [5.74, 6) is 0. The summed E-state index contributed by atoms with van der Waals surface area (Å²) in [6.07, 6.45) is 6.00. The molecule has 0 saturated heterocycles. The van der Waals surface area contributed by atoms with Gasteiger partial charge in [0.05, 0.1) is 4.24 Å². The van der Waals surface area contributed by atoms with Crippen molar-refractivity contribution < 1.29 is 0 Å². The Bertz CT molecular complexity index is 95.9. The van der Waals surface area contributed by atoms with Crippen LogP contribution in [0.3, 0.4) is 0 Å². The molecule has 17 heavy (non-hydrogen) atoms. The minimum atomic E-state index is 0.875. The number of halogens is 2. The Kier molecular flexibility index (Phi) is 29.8. The highest BCUT2D eigenvalue weighted by Crippen LogP contribution is 2.15. The van der Waals surface area contributed by atoms with Crippen LogP contribution in [0.25, 0.3) is 0 Å². The van der Waals surface area contributed by atoms with Gasteiger partial charge in [0.15, 0.2) is 0 Å². The molecule has 0 amide bonds. The average Bonchev–Trinajstić information content (AvgIpc) is 1.99. The number of rotatable bonds is 2. The van der Waals surface area contributed by atoms with E-state index < -0.39 is 0 Å². The number of hydrogen-bond donors (Lipinski definition) is 1. The topological polar surface area (TPSA) is 18.5 Å². The summed E-state index contributed by atoms with van der Waals surface area (Å²) in [6, 6.07) is 0. The molecular weight excluding hydrogens is 346 g/mol. The molecule has 0 spiro atoms. The van der Waals surface area contributed by atoms with E-state index in [2.05, 4.69) is 75.2 Å². The van der Waals surface area contributed by atoms with E-state index in [-0.39, 0.29) is 0 Å². The van der Waals surface area contributed by atoms with Crippen molar-refractivity contribution in [1.82, 2.24) is 15.1 Å². The van der Waals surface area contributed by atoms with Crippen LogP contribution in [0.2, 0.25) is 0 Å². The van der Waals surface area contributed by atoms with E-state index in [0.29, 0.717) is 0 Å². The molecule has 0 aromatic carbocycles. The van der Waals surface area contributed by atoms with E-state index in [9.17, 15) is 0 Å². The highest BCUT2D eigenvalue weighted by Gasteiger charge is 1.95. The highest BCUT2D eigenvalue weighted by molar-refractivity contribution is 9.24. The molecule has 0 aliphatic heterocycles. The minimum absolute atomic E-state index is 0.875. The standard InChI is InChI=1S/C5H14N2.C4H8.C2H7N.CH2Br2/c1-6(2)5-7(3)4;1-2-4-3-1;1-3-2;2-1-3/h5H2,1-4H3;1-4H2;3H,1-2H3;1H2. The van der Waals surface area contributed by atoms with E-state index in [0.717, 1.165) is 10.9 Å². The zero-order valence-electron chi connectivity index (χ0n) is 12.4. The van der Waals surface area contributed by atoms with Crippen LogP contribution in [0, 0.1) is 0 Å². The van der Waals surface area contributed by atoms with E-state index in [1.807, 2.05) is 14.1 Å². The van der Waals surface area contributed by atoms with Crippen molar-refractivity contribution in [3.8, 4) is 0 Å². The molecule has 0 heterocycles. The Morgan fingerprint density at radius 1 is 0.824 bits per heavy atom. The molecule has 0 atom stereocenters. The third-order valence-corrected chi connectivity index (χ3v) is 1.57. The SMILES string of the molecule is BrCBr.C1CCC1.CN(C)CN(C)C.CNC. The van der Waals surface area contributed by atoms with Gasteiger partial charge in [0.2, 0.25) is 0 Å². The van der Waals surface area contributed by atoms with E-state index in [4.69, 9.17) is 0 Å². The highest BCUT2D eigenvalue weighted by atomic mass is 79.9. The van der Waals surface area contributed by atoms with Crippen molar-refractivity contribution in [3.63, 3.8) is 0 Å². The van der Waals surface area contributed by atoms with Crippen LogP contribution < -0.4 is 5.32 Å². The molecule has 5 heteroatoms. The molecule has 0 radical (unpaired) electrons. The molecule has 0 unspecified atom stereocenters. The molecule has 1 aliphatic rings. The maximum atomic E-state index is 3.06. The molecule has 1 fully saturated rings. The molecule has 108 valence electrons. The summed E-state index contributed by atoms with van der Waals surface area (Å²) in [5, 5.41) is 2.75. The van der Waals surface area contributed by atoms with Gasteiger partial charge in [-0.05, 0) is 42.3 Å². The normalized spacial score (nSPS) is 12.4. The minimum Gasteiger partial charge on any atom is -0.323 e. The van der Waals surface area contributed by atoms with Crippen molar-refractivity contribution >= 4 is 31.9 Å². The van der Waals surface area contributed by atoms with Crippen LogP contribution in [0.5, 0.6) is 0 Å². The number of hydrogen-bond acceptors (Lipinski definition) is 3. The van der Waals surface area contributed by atoms with Gasteiger partial charge in [0.25, 0.3) is 0 Å². The molecule has 1 aliphatic carbocycles. The van der Waals surface area contributed by atoms with Gasteiger partial charge >= 0.3 is 0 Å².